The van der Waals surface area contributed by atoms with Crippen LogP contribution in [-0.4, -0.2) is 33.6 Å². The SMILES string of the molecule is CSc1ncc(C(=O)/C=C/C(=O)OC(C)(C)C)c(Cl)n1. The van der Waals surface area contributed by atoms with Gasteiger partial charge in [-0.3, -0.25) is 4.79 Å². The molecule has 0 aromatic carbocycles. The number of ketones is 1. The summed E-state index contributed by atoms with van der Waals surface area (Å²) in [6, 6.07) is 0. The molecule has 1 heterocycles. The van der Waals surface area contributed by atoms with Crippen LogP contribution in [-0.2, 0) is 9.53 Å². The highest BCUT2D eigenvalue weighted by Crippen LogP contribution is 2.17. The van der Waals surface area contributed by atoms with Gasteiger partial charge in [-0.2, -0.15) is 0 Å². The molecular weight excluding hydrogens is 300 g/mol. The number of rotatable bonds is 4. The molecule has 0 amide bonds. The van der Waals surface area contributed by atoms with Crippen LogP contribution in [0.25, 0.3) is 0 Å². The summed E-state index contributed by atoms with van der Waals surface area (Å²) in [7, 11) is 0. The smallest absolute Gasteiger partial charge is 0.331 e. The molecule has 108 valence electrons. The second-order valence-corrected chi connectivity index (χ2v) is 5.92. The summed E-state index contributed by atoms with van der Waals surface area (Å²) in [5.74, 6) is -1.04. The number of thioether (sulfide) groups is 1. The molecule has 1 aromatic heterocycles. The summed E-state index contributed by atoms with van der Waals surface area (Å²) in [4.78, 5) is 31.2. The van der Waals surface area contributed by atoms with Gasteiger partial charge < -0.3 is 4.74 Å². The molecule has 0 saturated heterocycles. The molecule has 1 aromatic rings. The van der Waals surface area contributed by atoms with Crippen LogP contribution in [0, 0.1) is 0 Å². The molecule has 0 bridgehead atoms. The molecule has 0 aliphatic heterocycles. The average molecular weight is 315 g/mol. The van der Waals surface area contributed by atoms with Crippen molar-refractivity contribution in [2.45, 2.75) is 31.5 Å². The Hall–Kier alpha value is -1.40. The van der Waals surface area contributed by atoms with Crippen molar-refractivity contribution in [3.05, 3.63) is 29.1 Å². The minimum Gasteiger partial charge on any atom is -0.457 e. The molecule has 0 N–H and O–H groups in total. The van der Waals surface area contributed by atoms with Gasteiger partial charge in [0.25, 0.3) is 0 Å². The first-order valence-electron chi connectivity index (χ1n) is 5.75. The van der Waals surface area contributed by atoms with E-state index in [2.05, 4.69) is 9.97 Å². The lowest BCUT2D eigenvalue weighted by molar-refractivity contribution is -0.148. The van der Waals surface area contributed by atoms with Crippen LogP contribution >= 0.6 is 23.4 Å². The Morgan fingerprint density at radius 3 is 2.50 bits per heavy atom. The van der Waals surface area contributed by atoms with Gasteiger partial charge >= 0.3 is 5.97 Å². The zero-order valence-corrected chi connectivity index (χ0v) is 13.2. The van der Waals surface area contributed by atoms with E-state index in [1.54, 1.807) is 27.0 Å². The zero-order chi connectivity index (χ0) is 15.3. The fourth-order valence-corrected chi connectivity index (χ4v) is 1.79. The topological polar surface area (TPSA) is 69.2 Å². The lowest BCUT2D eigenvalue weighted by Gasteiger charge is -2.17. The Labute approximate surface area is 126 Å². The van der Waals surface area contributed by atoms with E-state index in [0.717, 1.165) is 12.2 Å². The molecule has 1 rings (SSSR count). The van der Waals surface area contributed by atoms with E-state index in [1.807, 2.05) is 0 Å². The Balaban J connectivity index is 2.79. The monoisotopic (exact) mass is 314 g/mol. The van der Waals surface area contributed by atoms with Crippen LogP contribution in [0.1, 0.15) is 31.1 Å². The van der Waals surface area contributed by atoms with Crippen molar-refractivity contribution in [3.8, 4) is 0 Å². The largest absolute Gasteiger partial charge is 0.457 e. The number of esters is 1. The number of nitrogens with zero attached hydrogens (tertiary/aromatic N) is 2. The summed E-state index contributed by atoms with van der Waals surface area (Å²) in [6.07, 6.45) is 5.29. The number of hydrogen-bond acceptors (Lipinski definition) is 6. The second kappa shape index (κ2) is 6.85. The van der Waals surface area contributed by atoms with E-state index in [-0.39, 0.29) is 10.7 Å². The molecule has 20 heavy (non-hydrogen) atoms. The molecule has 0 aliphatic rings. The second-order valence-electron chi connectivity index (χ2n) is 4.79. The fourth-order valence-electron chi connectivity index (χ4n) is 1.18. The molecule has 0 fully saturated rings. The molecule has 0 unspecified atom stereocenters. The summed E-state index contributed by atoms with van der Waals surface area (Å²) in [5.41, 5.74) is -0.463. The molecule has 0 aliphatic carbocycles. The van der Waals surface area contributed by atoms with E-state index >= 15 is 0 Å². The fraction of sp³-hybridized carbons (Fsp3) is 0.385. The standard InChI is InChI=1S/C13H15ClN2O3S/c1-13(2,3)19-10(18)6-5-9(17)8-7-15-12(20-4)16-11(8)14/h5-7H,1-4H3/b6-5+. The van der Waals surface area contributed by atoms with Crippen molar-refractivity contribution in [3.63, 3.8) is 0 Å². The molecule has 5 nitrogen and oxygen atoms in total. The molecule has 7 heteroatoms. The van der Waals surface area contributed by atoms with Gasteiger partial charge in [0.2, 0.25) is 0 Å². The summed E-state index contributed by atoms with van der Waals surface area (Å²) in [6.45, 7) is 5.23. The number of carbonyl (C=O) groups is 2. The molecular formula is C13H15ClN2O3S. The molecule has 0 saturated carbocycles. The van der Waals surface area contributed by atoms with Crippen molar-refractivity contribution in [2.24, 2.45) is 0 Å². The highest BCUT2D eigenvalue weighted by Gasteiger charge is 2.15. The van der Waals surface area contributed by atoms with Crippen molar-refractivity contribution in [2.75, 3.05) is 6.26 Å². The van der Waals surface area contributed by atoms with E-state index in [9.17, 15) is 9.59 Å². The molecule has 0 radical (unpaired) electrons. The van der Waals surface area contributed by atoms with Crippen LogP contribution in [0.2, 0.25) is 5.15 Å². The van der Waals surface area contributed by atoms with Crippen molar-refractivity contribution < 1.29 is 14.3 Å². The van der Waals surface area contributed by atoms with Gasteiger partial charge in [0.1, 0.15) is 10.8 Å². The highest BCUT2D eigenvalue weighted by molar-refractivity contribution is 7.98. The average Bonchev–Trinajstić information content (AvgIpc) is 2.33. The number of aromatic nitrogens is 2. The third-order valence-electron chi connectivity index (χ3n) is 1.95. The quantitative estimate of drug-likeness (QED) is 0.212. The first kappa shape index (κ1) is 16.7. The van der Waals surface area contributed by atoms with Crippen molar-refractivity contribution in [1.29, 1.82) is 0 Å². The van der Waals surface area contributed by atoms with Gasteiger partial charge in [-0.05, 0) is 33.1 Å². The first-order valence-corrected chi connectivity index (χ1v) is 7.35. The number of ether oxygens (including phenoxy) is 1. The number of carbonyl (C=O) groups excluding carboxylic acids is 2. The van der Waals surface area contributed by atoms with Crippen LogP contribution < -0.4 is 0 Å². The first-order chi connectivity index (χ1) is 9.23. The minimum atomic E-state index is -0.606. The number of halogens is 1. The predicted molar refractivity (Wildman–Crippen MR) is 78.1 cm³/mol. The van der Waals surface area contributed by atoms with Crippen LogP contribution in [0.5, 0.6) is 0 Å². The Kier molecular flexibility index (Phi) is 5.71. The number of allylic oxidation sites excluding steroid dienone is 1. The van der Waals surface area contributed by atoms with E-state index < -0.39 is 17.4 Å². The molecule has 0 spiro atoms. The summed E-state index contributed by atoms with van der Waals surface area (Å²) < 4.78 is 5.05. The third kappa shape index (κ3) is 5.30. The van der Waals surface area contributed by atoms with Gasteiger partial charge in [0.05, 0.1) is 5.56 Å². The predicted octanol–water partition coefficient (Wildman–Crippen LogP) is 2.93. The van der Waals surface area contributed by atoms with Gasteiger partial charge in [-0.25, -0.2) is 14.8 Å². The summed E-state index contributed by atoms with van der Waals surface area (Å²) >= 11 is 7.21. The Morgan fingerprint density at radius 2 is 2.00 bits per heavy atom. The Morgan fingerprint density at radius 1 is 1.35 bits per heavy atom. The maximum atomic E-state index is 11.9. The van der Waals surface area contributed by atoms with Crippen LogP contribution in [0.3, 0.4) is 0 Å². The highest BCUT2D eigenvalue weighted by atomic mass is 35.5. The zero-order valence-electron chi connectivity index (χ0n) is 11.6. The van der Waals surface area contributed by atoms with Gasteiger partial charge in [-0.15, -0.1) is 0 Å². The molecule has 0 atom stereocenters. The Bertz CT molecular complexity index is 553. The summed E-state index contributed by atoms with van der Waals surface area (Å²) in [5, 5.41) is 0.533. The van der Waals surface area contributed by atoms with Gasteiger partial charge in [-0.1, -0.05) is 23.4 Å². The van der Waals surface area contributed by atoms with Crippen LogP contribution in [0.15, 0.2) is 23.5 Å². The van der Waals surface area contributed by atoms with E-state index in [1.165, 1.54) is 18.0 Å². The lowest BCUT2D eigenvalue weighted by Crippen LogP contribution is -2.22. The normalized spacial score (nSPS) is 11.7. The van der Waals surface area contributed by atoms with Gasteiger partial charge in [0.15, 0.2) is 10.9 Å². The maximum absolute atomic E-state index is 11.9. The van der Waals surface area contributed by atoms with Gasteiger partial charge in [0, 0.05) is 12.3 Å². The van der Waals surface area contributed by atoms with E-state index in [0.29, 0.717) is 5.16 Å². The van der Waals surface area contributed by atoms with E-state index in [4.69, 9.17) is 16.3 Å². The lowest BCUT2D eigenvalue weighted by atomic mass is 10.2. The minimum absolute atomic E-state index is 0.0585. The third-order valence-corrected chi connectivity index (χ3v) is 2.80. The number of hydrogen-bond donors (Lipinski definition) is 0. The maximum Gasteiger partial charge on any atom is 0.331 e. The van der Waals surface area contributed by atoms with Crippen molar-refractivity contribution in [1.82, 2.24) is 9.97 Å². The van der Waals surface area contributed by atoms with Crippen LogP contribution in [0.4, 0.5) is 0 Å². The van der Waals surface area contributed by atoms with Crippen molar-refractivity contribution >= 4 is 35.1 Å².